The van der Waals surface area contributed by atoms with Crippen molar-refractivity contribution in [2.75, 3.05) is 0 Å². The van der Waals surface area contributed by atoms with Crippen molar-refractivity contribution in [3.8, 4) is 0 Å². The Bertz CT molecular complexity index is 674. The van der Waals surface area contributed by atoms with E-state index in [1.807, 2.05) is 36.4 Å². The molecule has 0 aliphatic rings. The molecule has 0 fully saturated rings. The molecule has 0 aliphatic heterocycles. The van der Waals surface area contributed by atoms with Gasteiger partial charge in [-0.2, -0.15) is 16.8 Å². The lowest BCUT2D eigenvalue weighted by atomic mass is 10.4. The average molecular weight is 316 g/mol. The second-order valence-electron chi connectivity index (χ2n) is 3.55. The van der Waals surface area contributed by atoms with Crippen LogP contribution in [0.1, 0.15) is 0 Å². The predicted molar refractivity (Wildman–Crippen MR) is 72.5 cm³/mol. The van der Waals surface area contributed by atoms with E-state index in [9.17, 15) is 16.8 Å². The SMILES string of the molecule is O=S(=O)(O)c1ccccc1S(=O)(=O)O.c1ccccc1. The quantitative estimate of drug-likeness (QED) is 0.819. The highest BCUT2D eigenvalue weighted by atomic mass is 32.2. The van der Waals surface area contributed by atoms with Crippen LogP contribution in [0.5, 0.6) is 0 Å². The van der Waals surface area contributed by atoms with Crippen molar-refractivity contribution >= 4 is 20.2 Å². The van der Waals surface area contributed by atoms with E-state index in [4.69, 9.17) is 9.11 Å². The maximum Gasteiger partial charge on any atom is 0.295 e. The summed E-state index contributed by atoms with van der Waals surface area (Å²) in [4.78, 5) is -1.69. The summed E-state index contributed by atoms with van der Waals surface area (Å²) in [6.45, 7) is 0. The van der Waals surface area contributed by atoms with E-state index in [0.29, 0.717) is 0 Å². The third-order valence-electron chi connectivity index (χ3n) is 2.07. The lowest BCUT2D eigenvalue weighted by molar-refractivity contribution is 0.466. The first-order valence-electron chi connectivity index (χ1n) is 5.27. The van der Waals surface area contributed by atoms with Crippen LogP contribution in [0.25, 0.3) is 0 Å². The Labute approximate surface area is 117 Å². The third kappa shape index (κ3) is 5.10. The second-order valence-corrected chi connectivity index (χ2v) is 6.33. The molecule has 0 heterocycles. The molecule has 2 N–H and O–H groups in total. The van der Waals surface area contributed by atoms with Crippen LogP contribution < -0.4 is 0 Å². The molecular formula is C12H12O6S2. The van der Waals surface area contributed by atoms with Crippen molar-refractivity contribution in [2.45, 2.75) is 9.79 Å². The topological polar surface area (TPSA) is 109 Å². The first-order chi connectivity index (χ1) is 9.23. The molecule has 6 nitrogen and oxygen atoms in total. The first kappa shape index (κ1) is 16.3. The van der Waals surface area contributed by atoms with E-state index in [1.54, 1.807) is 0 Å². The molecule has 0 unspecified atom stereocenters. The molecule has 0 saturated carbocycles. The summed E-state index contributed by atoms with van der Waals surface area (Å²) in [5.74, 6) is 0. The van der Waals surface area contributed by atoms with Gasteiger partial charge in [0.25, 0.3) is 20.2 Å². The highest BCUT2D eigenvalue weighted by Gasteiger charge is 2.22. The first-order valence-corrected chi connectivity index (χ1v) is 8.15. The Balaban J connectivity index is 0.000000276. The Morgan fingerprint density at radius 1 is 0.550 bits per heavy atom. The van der Waals surface area contributed by atoms with Gasteiger partial charge in [-0.1, -0.05) is 48.5 Å². The molecule has 0 amide bonds. The van der Waals surface area contributed by atoms with Crippen LogP contribution in [-0.4, -0.2) is 25.9 Å². The Morgan fingerprint density at radius 3 is 1.00 bits per heavy atom. The zero-order chi connectivity index (χ0) is 15.2. The molecule has 0 aromatic heterocycles. The van der Waals surface area contributed by atoms with Crippen LogP contribution in [0, 0.1) is 0 Å². The second kappa shape index (κ2) is 6.62. The molecule has 0 radical (unpaired) electrons. The van der Waals surface area contributed by atoms with E-state index in [2.05, 4.69) is 0 Å². The summed E-state index contributed by atoms with van der Waals surface area (Å²) >= 11 is 0. The molecule has 108 valence electrons. The Hall–Kier alpha value is -1.74. The third-order valence-corrected chi connectivity index (χ3v) is 4.02. The summed E-state index contributed by atoms with van der Waals surface area (Å²) in [6.07, 6.45) is 0. The minimum Gasteiger partial charge on any atom is -0.282 e. The van der Waals surface area contributed by atoms with Gasteiger partial charge in [0.1, 0.15) is 9.79 Å². The number of hydrogen-bond acceptors (Lipinski definition) is 4. The van der Waals surface area contributed by atoms with Gasteiger partial charge in [-0.05, 0) is 12.1 Å². The van der Waals surface area contributed by atoms with Crippen LogP contribution >= 0.6 is 0 Å². The van der Waals surface area contributed by atoms with E-state index >= 15 is 0 Å². The summed E-state index contributed by atoms with van der Waals surface area (Å²) in [5, 5.41) is 0. The number of benzene rings is 2. The standard InChI is InChI=1S/C6H6O6S2.C6H6/c7-13(8,9)5-3-1-2-4-6(5)14(10,11)12;1-2-4-6-5-3-1/h1-4H,(H,7,8,9)(H,10,11,12);1-6H. The van der Waals surface area contributed by atoms with Gasteiger partial charge in [0.2, 0.25) is 0 Å². The lowest BCUT2D eigenvalue weighted by Crippen LogP contribution is -2.07. The zero-order valence-corrected chi connectivity index (χ0v) is 11.8. The van der Waals surface area contributed by atoms with Gasteiger partial charge in [0, 0.05) is 0 Å². The van der Waals surface area contributed by atoms with Crippen LogP contribution in [0.4, 0.5) is 0 Å². The van der Waals surface area contributed by atoms with Crippen LogP contribution in [0.15, 0.2) is 70.5 Å². The van der Waals surface area contributed by atoms with E-state index in [1.165, 1.54) is 12.1 Å². The minimum absolute atomic E-state index is 0.845. The molecule has 2 aromatic carbocycles. The fourth-order valence-electron chi connectivity index (χ4n) is 1.26. The number of hydrogen-bond donors (Lipinski definition) is 2. The van der Waals surface area contributed by atoms with Crippen molar-refractivity contribution < 1.29 is 25.9 Å². The van der Waals surface area contributed by atoms with Crippen LogP contribution in [0.2, 0.25) is 0 Å². The number of rotatable bonds is 2. The highest BCUT2D eigenvalue weighted by molar-refractivity contribution is 7.89. The van der Waals surface area contributed by atoms with Crippen molar-refractivity contribution in [1.29, 1.82) is 0 Å². The van der Waals surface area contributed by atoms with E-state index < -0.39 is 30.0 Å². The van der Waals surface area contributed by atoms with Crippen molar-refractivity contribution in [3.63, 3.8) is 0 Å². The minimum atomic E-state index is -4.66. The van der Waals surface area contributed by atoms with Gasteiger partial charge >= 0.3 is 0 Å². The fourth-order valence-corrected chi connectivity index (χ4v) is 3.04. The maximum absolute atomic E-state index is 10.7. The lowest BCUT2D eigenvalue weighted by Gasteiger charge is -2.02. The van der Waals surface area contributed by atoms with Gasteiger partial charge in [-0.15, -0.1) is 0 Å². The highest BCUT2D eigenvalue weighted by Crippen LogP contribution is 2.19. The van der Waals surface area contributed by atoms with Crippen LogP contribution in [0.3, 0.4) is 0 Å². The summed E-state index contributed by atoms with van der Waals surface area (Å²) in [5.41, 5.74) is 0. The van der Waals surface area contributed by atoms with Crippen molar-refractivity contribution in [3.05, 3.63) is 60.7 Å². The largest absolute Gasteiger partial charge is 0.295 e. The molecule has 20 heavy (non-hydrogen) atoms. The molecule has 0 spiro atoms. The average Bonchev–Trinajstić information content (AvgIpc) is 2.39. The van der Waals surface area contributed by atoms with Gasteiger partial charge in [-0.25, -0.2) is 0 Å². The van der Waals surface area contributed by atoms with Gasteiger partial charge in [-0.3, -0.25) is 9.11 Å². The summed E-state index contributed by atoms with van der Waals surface area (Å²) in [7, 11) is -9.31. The van der Waals surface area contributed by atoms with E-state index in [0.717, 1.165) is 12.1 Å². The molecule has 0 saturated heterocycles. The normalized spacial score (nSPS) is 11.3. The molecule has 8 heteroatoms. The summed E-state index contributed by atoms with van der Waals surface area (Å²) in [6, 6.07) is 16.2. The van der Waals surface area contributed by atoms with Gasteiger partial charge < -0.3 is 0 Å². The smallest absolute Gasteiger partial charge is 0.282 e. The fraction of sp³-hybridized carbons (Fsp3) is 0. The Kier molecular flexibility index (Phi) is 5.40. The molecule has 2 aromatic rings. The zero-order valence-electron chi connectivity index (χ0n) is 10.1. The molecule has 0 bridgehead atoms. The van der Waals surface area contributed by atoms with Crippen molar-refractivity contribution in [2.24, 2.45) is 0 Å². The van der Waals surface area contributed by atoms with Gasteiger partial charge in [0.05, 0.1) is 0 Å². The monoisotopic (exact) mass is 316 g/mol. The van der Waals surface area contributed by atoms with Crippen molar-refractivity contribution in [1.82, 2.24) is 0 Å². The van der Waals surface area contributed by atoms with Gasteiger partial charge in [0.15, 0.2) is 0 Å². The molecule has 0 aliphatic carbocycles. The Morgan fingerprint density at radius 2 is 0.800 bits per heavy atom. The molecule has 0 atom stereocenters. The molecular weight excluding hydrogens is 304 g/mol. The maximum atomic E-state index is 10.7. The predicted octanol–water partition coefficient (Wildman–Crippen LogP) is 1.87. The molecule has 2 rings (SSSR count). The van der Waals surface area contributed by atoms with E-state index in [-0.39, 0.29) is 0 Å². The summed E-state index contributed by atoms with van der Waals surface area (Å²) < 4.78 is 60.0. The van der Waals surface area contributed by atoms with Crippen LogP contribution in [-0.2, 0) is 20.2 Å².